The molecule has 2 heterocycles. The molecule has 0 atom stereocenters. The molecule has 1 aromatic carbocycles. The maximum absolute atomic E-state index is 11.9. The number of amides is 2. The van der Waals surface area contributed by atoms with Crippen LogP contribution in [0.15, 0.2) is 52.5 Å². The van der Waals surface area contributed by atoms with Crippen LogP contribution in [0, 0.1) is 0 Å². The van der Waals surface area contributed by atoms with Crippen molar-refractivity contribution < 1.29 is 14.0 Å². The Morgan fingerprint density at radius 1 is 1.13 bits per heavy atom. The Morgan fingerprint density at radius 3 is 2.57 bits per heavy atom. The lowest BCUT2D eigenvalue weighted by molar-refractivity contribution is -0.114. The van der Waals surface area contributed by atoms with E-state index < -0.39 is 0 Å². The molecule has 3 aromatic rings. The maximum atomic E-state index is 11.9. The number of thiazole rings is 1. The Kier molecular flexibility index (Phi) is 4.20. The monoisotopic (exact) mass is 327 g/mol. The fourth-order valence-corrected chi connectivity index (χ4v) is 2.70. The second-order valence-electron chi connectivity index (χ2n) is 4.73. The van der Waals surface area contributed by atoms with Crippen molar-refractivity contribution in [1.29, 1.82) is 0 Å². The third-order valence-electron chi connectivity index (χ3n) is 2.97. The molecule has 0 bridgehead atoms. The summed E-state index contributed by atoms with van der Waals surface area (Å²) in [6, 6.07) is 10.5. The van der Waals surface area contributed by atoms with Gasteiger partial charge in [0.15, 0.2) is 10.9 Å². The van der Waals surface area contributed by atoms with Crippen LogP contribution >= 0.6 is 11.3 Å². The van der Waals surface area contributed by atoms with Crippen molar-refractivity contribution in [3.63, 3.8) is 0 Å². The van der Waals surface area contributed by atoms with Crippen molar-refractivity contribution in [2.45, 2.75) is 6.92 Å². The highest BCUT2D eigenvalue weighted by Crippen LogP contribution is 2.26. The summed E-state index contributed by atoms with van der Waals surface area (Å²) >= 11 is 1.36. The van der Waals surface area contributed by atoms with Gasteiger partial charge in [0, 0.05) is 23.6 Å². The maximum Gasteiger partial charge on any atom is 0.291 e. The Labute approximate surface area is 136 Å². The zero-order valence-corrected chi connectivity index (χ0v) is 13.0. The standard InChI is InChI=1S/C16H13N3O3S/c1-10(20)17-16-19-13(9-23-16)11-4-6-12(7-5-11)18-15(21)14-3-2-8-22-14/h2-9H,1H3,(H,18,21)(H,17,19,20). The molecule has 7 heteroatoms. The van der Waals surface area contributed by atoms with Gasteiger partial charge in [0.1, 0.15) is 0 Å². The molecule has 3 rings (SSSR count). The van der Waals surface area contributed by atoms with Crippen LogP contribution in [0.3, 0.4) is 0 Å². The van der Waals surface area contributed by atoms with Crippen LogP contribution in [-0.2, 0) is 4.79 Å². The predicted molar refractivity (Wildman–Crippen MR) is 88.5 cm³/mol. The van der Waals surface area contributed by atoms with Gasteiger partial charge in [-0.25, -0.2) is 4.98 Å². The molecule has 2 N–H and O–H groups in total. The number of benzene rings is 1. The number of nitrogens with one attached hydrogen (secondary N) is 2. The summed E-state index contributed by atoms with van der Waals surface area (Å²) in [5.41, 5.74) is 2.32. The molecule has 0 aliphatic carbocycles. The summed E-state index contributed by atoms with van der Waals surface area (Å²) in [5, 5.41) is 7.82. The zero-order chi connectivity index (χ0) is 16.2. The summed E-state index contributed by atoms with van der Waals surface area (Å²) < 4.78 is 5.04. The minimum absolute atomic E-state index is 0.151. The summed E-state index contributed by atoms with van der Waals surface area (Å²) in [7, 11) is 0. The Morgan fingerprint density at radius 2 is 1.91 bits per heavy atom. The number of hydrogen-bond donors (Lipinski definition) is 2. The molecule has 2 aromatic heterocycles. The third-order valence-corrected chi connectivity index (χ3v) is 3.73. The topological polar surface area (TPSA) is 84.2 Å². The Hall–Kier alpha value is -2.93. The zero-order valence-electron chi connectivity index (χ0n) is 12.2. The van der Waals surface area contributed by atoms with Crippen molar-refractivity contribution in [3.05, 3.63) is 53.8 Å². The first-order valence-electron chi connectivity index (χ1n) is 6.80. The minimum atomic E-state index is -0.302. The average Bonchev–Trinajstić information content (AvgIpc) is 3.19. The van der Waals surface area contributed by atoms with Gasteiger partial charge in [0.25, 0.3) is 5.91 Å². The molecule has 116 valence electrons. The molecule has 0 saturated heterocycles. The number of aromatic nitrogens is 1. The summed E-state index contributed by atoms with van der Waals surface area (Å²) in [6.07, 6.45) is 1.45. The molecule has 2 amide bonds. The average molecular weight is 327 g/mol. The van der Waals surface area contributed by atoms with Gasteiger partial charge in [0.2, 0.25) is 5.91 Å². The van der Waals surface area contributed by atoms with Gasteiger partial charge in [0.05, 0.1) is 12.0 Å². The number of anilines is 2. The molecule has 0 aliphatic heterocycles. The van der Waals surface area contributed by atoms with E-state index in [-0.39, 0.29) is 17.6 Å². The van der Waals surface area contributed by atoms with E-state index in [9.17, 15) is 9.59 Å². The first kappa shape index (κ1) is 15.0. The molecule has 0 aliphatic rings. The van der Waals surface area contributed by atoms with Crippen LogP contribution in [0.25, 0.3) is 11.3 Å². The summed E-state index contributed by atoms with van der Waals surface area (Å²) in [4.78, 5) is 27.2. The van der Waals surface area contributed by atoms with E-state index >= 15 is 0 Å². The second-order valence-corrected chi connectivity index (χ2v) is 5.59. The number of rotatable bonds is 4. The number of carbonyl (C=O) groups is 2. The van der Waals surface area contributed by atoms with Crippen molar-refractivity contribution in [1.82, 2.24) is 4.98 Å². The van der Waals surface area contributed by atoms with E-state index in [0.717, 1.165) is 11.3 Å². The van der Waals surface area contributed by atoms with E-state index in [0.29, 0.717) is 10.8 Å². The van der Waals surface area contributed by atoms with E-state index in [1.165, 1.54) is 24.5 Å². The van der Waals surface area contributed by atoms with Crippen LogP contribution in [0.4, 0.5) is 10.8 Å². The first-order valence-corrected chi connectivity index (χ1v) is 7.68. The number of furan rings is 1. The van der Waals surface area contributed by atoms with Gasteiger partial charge < -0.3 is 15.1 Å². The van der Waals surface area contributed by atoms with Gasteiger partial charge in [-0.1, -0.05) is 12.1 Å². The third kappa shape index (κ3) is 3.64. The van der Waals surface area contributed by atoms with E-state index in [1.807, 2.05) is 17.5 Å². The first-order chi connectivity index (χ1) is 11.1. The van der Waals surface area contributed by atoms with E-state index in [2.05, 4.69) is 15.6 Å². The fourth-order valence-electron chi connectivity index (χ4n) is 1.94. The van der Waals surface area contributed by atoms with Gasteiger partial charge in [-0.05, 0) is 24.3 Å². The molecule has 0 fully saturated rings. The molecule has 0 saturated carbocycles. The lowest BCUT2D eigenvalue weighted by Crippen LogP contribution is -2.10. The molecule has 6 nitrogen and oxygen atoms in total. The molecule has 23 heavy (non-hydrogen) atoms. The molecule has 0 radical (unpaired) electrons. The highest BCUT2D eigenvalue weighted by atomic mass is 32.1. The molecular weight excluding hydrogens is 314 g/mol. The van der Waals surface area contributed by atoms with E-state index in [1.54, 1.807) is 24.3 Å². The van der Waals surface area contributed by atoms with Crippen molar-refractivity contribution in [3.8, 4) is 11.3 Å². The van der Waals surface area contributed by atoms with Gasteiger partial charge in [-0.2, -0.15) is 0 Å². The molecular formula is C16H13N3O3S. The van der Waals surface area contributed by atoms with Crippen molar-refractivity contribution in [2.75, 3.05) is 10.6 Å². The second kappa shape index (κ2) is 6.45. The number of nitrogens with zero attached hydrogens (tertiary/aromatic N) is 1. The summed E-state index contributed by atoms with van der Waals surface area (Å²) in [5.74, 6) is -0.195. The molecule has 0 unspecified atom stereocenters. The predicted octanol–water partition coefficient (Wildman–Crippen LogP) is 3.61. The Bertz CT molecular complexity index is 823. The lowest BCUT2D eigenvalue weighted by atomic mass is 10.1. The normalized spacial score (nSPS) is 10.3. The molecule has 0 spiro atoms. The lowest BCUT2D eigenvalue weighted by Gasteiger charge is -2.04. The van der Waals surface area contributed by atoms with Crippen LogP contribution in [-0.4, -0.2) is 16.8 Å². The highest BCUT2D eigenvalue weighted by molar-refractivity contribution is 7.14. The summed E-state index contributed by atoms with van der Waals surface area (Å²) in [6.45, 7) is 1.44. The van der Waals surface area contributed by atoms with Crippen LogP contribution < -0.4 is 10.6 Å². The van der Waals surface area contributed by atoms with Gasteiger partial charge >= 0.3 is 0 Å². The SMILES string of the molecule is CC(=O)Nc1nc(-c2ccc(NC(=O)c3ccco3)cc2)cs1. The van der Waals surface area contributed by atoms with E-state index in [4.69, 9.17) is 4.42 Å². The smallest absolute Gasteiger partial charge is 0.291 e. The quantitative estimate of drug-likeness (QED) is 0.766. The highest BCUT2D eigenvalue weighted by Gasteiger charge is 2.09. The number of hydrogen-bond acceptors (Lipinski definition) is 5. The van der Waals surface area contributed by atoms with Gasteiger partial charge in [-0.15, -0.1) is 11.3 Å². The largest absolute Gasteiger partial charge is 0.459 e. The Balaban J connectivity index is 1.70. The minimum Gasteiger partial charge on any atom is -0.459 e. The number of carbonyl (C=O) groups excluding carboxylic acids is 2. The van der Waals surface area contributed by atoms with Crippen molar-refractivity contribution in [2.24, 2.45) is 0 Å². The van der Waals surface area contributed by atoms with Crippen molar-refractivity contribution >= 4 is 34.0 Å². The fraction of sp³-hybridized carbons (Fsp3) is 0.0625. The van der Waals surface area contributed by atoms with Gasteiger partial charge in [-0.3, -0.25) is 9.59 Å². The van der Waals surface area contributed by atoms with Crippen LogP contribution in [0.5, 0.6) is 0 Å². The van der Waals surface area contributed by atoms with Crippen LogP contribution in [0.1, 0.15) is 17.5 Å². The van der Waals surface area contributed by atoms with Crippen LogP contribution in [0.2, 0.25) is 0 Å².